The van der Waals surface area contributed by atoms with Gasteiger partial charge < -0.3 is 0 Å². The van der Waals surface area contributed by atoms with Crippen molar-refractivity contribution in [2.45, 2.75) is 25.0 Å². The summed E-state index contributed by atoms with van der Waals surface area (Å²) in [5.74, 6) is 0.271. The summed E-state index contributed by atoms with van der Waals surface area (Å²) >= 11 is 0. The van der Waals surface area contributed by atoms with Crippen molar-refractivity contribution in [3.8, 4) is 0 Å². The van der Waals surface area contributed by atoms with Crippen LogP contribution < -0.4 is 0 Å². The molecule has 0 bridgehead atoms. The molecule has 0 radical (unpaired) electrons. The average molecular weight is 169 g/mol. The van der Waals surface area contributed by atoms with Crippen molar-refractivity contribution in [3.05, 3.63) is 0 Å². The van der Waals surface area contributed by atoms with Gasteiger partial charge in [-0.15, -0.1) is 0 Å². The molecule has 1 fully saturated rings. The van der Waals surface area contributed by atoms with E-state index in [1.54, 1.807) is 0 Å². The van der Waals surface area contributed by atoms with Gasteiger partial charge in [-0.05, 0) is 18.8 Å². The molecule has 0 aromatic carbocycles. The third kappa shape index (κ3) is 1.38. The van der Waals surface area contributed by atoms with Crippen LogP contribution in [0.4, 0.5) is 0 Å². The van der Waals surface area contributed by atoms with Gasteiger partial charge >= 0.3 is 0 Å². The SMILES string of the molecule is C[C@@H]1CCC1S(=O)(=O)Cl. The Morgan fingerprint density at radius 2 is 2.00 bits per heavy atom. The van der Waals surface area contributed by atoms with Crippen molar-refractivity contribution in [1.82, 2.24) is 0 Å². The van der Waals surface area contributed by atoms with Gasteiger partial charge in [-0.25, -0.2) is 8.42 Å². The van der Waals surface area contributed by atoms with Crippen molar-refractivity contribution in [1.29, 1.82) is 0 Å². The van der Waals surface area contributed by atoms with Crippen LogP contribution in [0.1, 0.15) is 19.8 Å². The lowest BCUT2D eigenvalue weighted by molar-refractivity contribution is 0.348. The molecule has 1 saturated carbocycles. The average Bonchev–Trinajstić information content (AvgIpc) is 1.57. The molecule has 54 valence electrons. The van der Waals surface area contributed by atoms with Gasteiger partial charge in [-0.2, -0.15) is 0 Å². The Kier molecular flexibility index (Phi) is 1.74. The molecule has 0 aliphatic heterocycles. The third-order valence-electron chi connectivity index (χ3n) is 1.90. The fraction of sp³-hybridized carbons (Fsp3) is 1.00. The van der Waals surface area contributed by atoms with Gasteiger partial charge in [0.15, 0.2) is 0 Å². The largest absolute Gasteiger partial charge is 0.235 e. The summed E-state index contributed by atoms with van der Waals surface area (Å²) in [4.78, 5) is 0. The molecule has 1 rings (SSSR count). The number of hydrogen-bond acceptors (Lipinski definition) is 2. The van der Waals surface area contributed by atoms with Crippen molar-refractivity contribution in [2.24, 2.45) is 5.92 Å². The normalized spacial score (nSPS) is 35.8. The molecule has 2 nitrogen and oxygen atoms in total. The van der Waals surface area contributed by atoms with Crippen LogP contribution in [0.3, 0.4) is 0 Å². The van der Waals surface area contributed by atoms with Gasteiger partial charge in [-0.1, -0.05) is 6.92 Å². The zero-order valence-corrected chi connectivity index (χ0v) is 6.74. The summed E-state index contributed by atoms with van der Waals surface area (Å²) in [7, 11) is 1.86. The minimum Gasteiger partial charge on any atom is -0.212 e. The molecular weight excluding hydrogens is 160 g/mol. The van der Waals surface area contributed by atoms with Crippen LogP contribution in [0.2, 0.25) is 0 Å². The predicted molar refractivity (Wildman–Crippen MR) is 37.0 cm³/mol. The second-order valence-corrected chi connectivity index (χ2v) is 5.42. The minimum absolute atomic E-state index is 0.265. The highest BCUT2D eigenvalue weighted by molar-refractivity contribution is 8.14. The smallest absolute Gasteiger partial charge is 0.212 e. The highest BCUT2D eigenvalue weighted by atomic mass is 35.7. The quantitative estimate of drug-likeness (QED) is 0.554. The van der Waals surface area contributed by atoms with Crippen LogP contribution in [0.5, 0.6) is 0 Å². The van der Waals surface area contributed by atoms with E-state index >= 15 is 0 Å². The Bertz CT molecular complexity index is 197. The lowest BCUT2D eigenvalue weighted by Crippen LogP contribution is -2.33. The molecule has 0 spiro atoms. The Labute approximate surface area is 59.6 Å². The molecule has 0 amide bonds. The molecule has 4 heteroatoms. The molecule has 0 aromatic heterocycles. The summed E-state index contributed by atoms with van der Waals surface area (Å²) in [6.45, 7) is 1.91. The molecule has 0 heterocycles. The van der Waals surface area contributed by atoms with Gasteiger partial charge in [0.05, 0.1) is 5.25 Å². The van der Waals surface area contributed by atoms with E-state index in [0.717, 1.165) is 12.8 Å². The van der Waals surface area contributed by atoms with Crippen LogP contribution in [0.25, 0.3) is 0 Å². The molecule has 1 aliphatic carbocycles. The first-order valence-electron chi connectivity index (χ1n) is 2.95. The molecule has 1 aliphatic rings. The van der Waals surface area contributed by atoms with Crippen molar-refractivity contribution < 1.29 is 8.42 Å². The number of halogens is 1. The first-order chi connectivity index (χ1) is 4.02. The van der Waals surface area contributed by atoms with Crippen LogP contribution in [-0.4, -0.2) is 13.7 Å². The Morgan fingerprint density at radius 3 is 2.00 bits per heavy atom. The predicted octanol–water partition coefficient (Wildman–Crippen LogP) is 1.35. The molecule has 0 saturated heterocycles. The van der Waals surface area contributed by atoms with Gasteiger partial charge in [0.2, 0.25) is 9.05 Å². The summed E-state index contributed by atoms with van der Waals surface area (Å²) < 4.78 is 21.2. The lowest BCUT2D eigenvalue weighted by Gasteiger charge is -2.30. The van der Waals surface area contributed by atoms with Gasteiger partial charge in [0, 0.05) is 10.7 Å². The molecule has 0 aromatic rings. The standard InChI is InChI=1S/C5H9ClO2S/c1-4-2-3-5(4)9(6,7)8/h4-5H,2-3H2,1H3/t4-,5?/m1/s1. The Hall–Kier alpha value is 0.240. The van der Waals surface area contributed by atoms with E-state index in [4.69, 9.17) is 10.7 Å². The summed E-state index contributed by atoms with van der Waals surface area (Å²) in [5.41, 5.74) is 0. The van der Waals surface area contributed by atoms with E-state index in [9.17, 15) is 8.42 Å². The molecule has 9 heavy (non-hydrogen) atoms. The topological polar surface area (TPSA) is 34.1 Å². The van der Waals surface area contributed by atoms with Gasteiger partial charge in [0.1, 0.15) is 0 Å². The first kappa shape index (κ1) is 7.35. The number of hydrogen-bond donors (Lipinski definition) is 0. The zero-order valence-electron chi connectivity index (χ0n) is 5.17. The molecule has 1 unspecified atom stereocenters. The van der Waals surface area contributed by atoms with Crippen LogP contribution in [-0.2, 0) is 9.05 Å². The van der Waals surface area contributed by atoms with E-state index < -0.39 is 9.05 Å². The van der Waals surface area contributed by atoms with Crippen molar-refractivity contribution >= 4 is 19.7 Å². The fourth-order valence-electron chi connectivity index (χ4n) is 1.05. The first-order valence-corrected chi connectivity index (χ1v) is 5.32. The Balaban J connectivity index is 2.66. The molecular formula is C5H9ClO2S. The fourth-order valence-corrected chi connectivity index (χ4v) is 2.96. The molecule has 2 atom stereocenters. The minimum atomic E-state index is -3.24. The van der Waals surface area contributed by atoms with E-state index in [-0.39, 0.29) is 11.2 Å². The second-order valence-electron chi connectivity index (χ2n) is 2.57. The third-order valence-corrected chi connectivity index (χ3v) is 4.01. The van der Waals surface area contributed by atoms with Gasteiger partial charge in [0.25, 0.3) is 0 Å². The summed E-state index contributed by atoms with van der Waals surface area (Å²) in [6.07, 6.45) is 1.74. The maximum absolute atomic E-state index is 10.6. The highest BCUT2D eigenvalue weighted by Gasteiger charge is 2.36. The maximum Gasteiger partial charge on any atom is 0.235 e. The second kappa shape index (κ2) is 2.13. The zero-order chi connectivity index (χ0) is 7.07. The number of rotatable bonds is 1. The highest BCUT2D eigenvalue weighted by Crippen LogP contribution is 2.34. The van der Waals surface area contributed by atoms with Crippen LogP contribution in [0.15, 0.2) is 0 Å². The summed E-state index contributed by atoms with van der Waals surface area (Å²) in [5, 5.41) is -0.265. The summed E-state index contributed by atoms with van der Waals surface area (Å²) in [6, 6.07) is 0. The van der Waals surface area contributed by atoms with E-state index in [1.807, 2.05) is 6.92 Å². The maximum atomic E-state index is 10.6. The monoisotopic (exact) mass is 168 g/mol. The lowest BCUT2D eigenvalue weighted by atomic mass is 9.87. The van der Waals surface area contributed by atoms with E-state index in [1.165, 1.54) is 0 Å². The van der Waals surface area contributed by atoms with Crippen molar-refractivity contribution in [3.63, 3.8) is 0 Å². The van der Waals surface area contributed by atoms with Gasteiger partial charge in [-0.3, -0.25) is 0 Å². The van der Waals surface area contributed by atoms with Crippen LogP contribution in [0, 0.1) is 5.92 Å². The Morgan fingerprint density at radius 1 is 1.44 bits per heavy atom. The molecule has 0 N–H and O–H groups in total. The van der Waals surface area contributed by atoms with E-state index in [0.29, 0.717) is 0 Å². The van der Waals surface area contributed by atoms with Crippen molar-refractivity contribution in [2.75, 3.05) is 0 Å². The van der Waals surface area contributed by atoms with Crippen LogP contribution >= 0.6 is 10.7 Å². The van der Waals surface area contributed by atoms with E-state index in [2.05, 4.69) is 0 Å².